The topological polar surface area (TPSA) is 194 Å². The third-order valence-corrected chi connectivity index (χ3v) is 11.3. The van der Waals surface area contributed by atoms with E-state index in [-0.39, 0.29) is 36.7 Å². The number of carbonyl (C=O) groups is 1. The van der Waals surface area contributed by atoms with E-state index >= 15 is 0 Å². The Kier molecular flexibility index (Phi) is 19.0. The molecule has 15 atom stereocenters. The van der Waals surface area contributed by atoms with Gasteiger partial charge in [0.05, 0.1) is 36.6 Å². The molecule has 3 rings (SSSR count). The standard InChI is InChI=1S/C44H70O13/c1-12-32(45)22-35-28(6)21-30(8)44(51,57-35)41(49)37-23-36(52-10)33(46)15-13-14-24(2)16-17-34(56-43-39(48)38(47)40(53-11)31(9)54-43)27(5)19-25(3)18-26(4)20-29(7)42(50)55-37/h14,16-21,27-28,31-41,43,45-49,51H,12-13,15,22-23H2,1-11H3/b17-16+,24-14+,25-19+,26-18+,29-20+/t27-,28-,31?,32+,33+,34-,35-,36+,37+,38+,39+,40+,41-,43+,44-/m1/s1. The van der Waals surface area contributed by atoms with E-state index in [1.807, 2.05) is 71.9 Å². The summed E-state index contributed by atoms with van der Waals surface area (Å²) in [5.74, 6) is -3.41. The van der Waals surface area contributed by atoms with Crippen LogP contribution < -0.4 is 0 Å². The van der Waals surface area contributed by atoms with Crippen molar-refractivity contribution in [2.75, 3.05) is 14.2 Å². The maximum atomic E-state index is 13.7. The summed E-state index contributed by atoms with van der Waals surface area (Å²) in [5.41, 5.74) is 3.02. The lowest BCUT2D eigenvalue weighted by Gasteiger charge is -2.45. The first-order chi connectivity index (χ1) is 26.7. The fraction of sp³-hybridized carbons (Fsp3) is 0.705. The van der Waals surface area contributed by atoms with Crippen LogP contribution in [0.5, 0.6) is 0 Å². The molecule has 0 aromatic heterocycles. The number of ether oxygens (including phenoxy) is 6. The molecule has 0 radical (unpaired) electrons. The lowest BCUT2D eigenvalue weighted by Crippen LogP contribution is -2.58. The molecule has 1 saturated heterocycles. The van der Waals surface area contributed by atoms with Gasteiger partial charge in [-0.25, -0.2) is 4.79 Å². The molecule has 3 heterocycles. The van der Waals surface area contributed by atoms with E-state index in [9.17, 15) is 35.4 Å². The number of esters is 1. The van der Waals surface area contributed by atoms with Crippen molar-refractivity contribution in [3.05, 3.63) is 70.4 Å². The van der Waals surface area contributed by atoms with Crippen LogP contribution in [0.3, 0.4) is 0 Å². The molecule has 0 bridgehead atoms. The molecule has 0 saturated carbocycles. The lowest BCUT2D eigenvalue weighted by atomic mass is 9.85. The summed E-state index contributed by atoms with van der Waals surface area (Å²) in [5, 5.41) is 67.2. The van der Waals surface area contributed by atoms with Crippen LogP contribution in [-0.4, -0.2) is 130 Å². The van der Waals surface area contributed by atoms with Gasteiger partial charge >= 0.3 is 5.97 Å². The molecule has 0 aliphatic carbocycles. The van der Waals surface area contributed by atoms with E-state index in [0.717, 1.165) is 16.7 Å². The molecule has 3 aliphatic heterocycles. The predicted molar refractivity (Wildman–Crippen MR) is 216 cm³/mol. The van der Waals surface area contributed by atoms with Gasteiger partial charge in [-0.3, -0.25) is 0 Å². The number of hydrogen-bond acceptors (Lipinski definition) is 13. The van der Waals surface area contributed by atoms with Crippen molar-refractivity contribution in [2.24, 2.45) is 11.8 Å². The molecule has 1 fully saturated rings. The number of aliphatic hydroxyl groups is 6. The second kappa shape index (κ2) is 22.2. The molecular formula is C44H70O13. The Bertz CT molecular complexity index is 1500. The average molecular weight is 807 g/mol. The summed E-state index contributed by atoms with van der Waals surface area (Å²) in [6.07, 6.45) is 2.35. The lowest BCUT2D eigenvalue weighted by molar-refractivity contribution is -0.305. The summed E-state index contributed by atoms with van der Waals surface area (Å²) in [7, 11) is 2.87. The summed E-state index contributed by atoms with van der Waals surface area (Å²) in [6.45, 7) is 16.3. The molecule has 324 valence electrons. The van der Waals surface area contributed by atoms with E-state index in [1.165, 1.54) is 14.2 Å². The minimum absolute atomic E-state index is 0.167. The van der Waals surface area contributed by atoms with Crippen LogP contribution in [-0.2, 0) is 33.2 Å². The van der Waals surface area contributed by atoms with Crippen LogP contribution in [0.25, 0.3) is 0 Å². The third-order valence-electron chi connectivity index (χ3n) is 11.3. The normalized spacial score (nSPS) is 42.3. The number of hydrogen-bond donors (Lipinski definition) is 6. The van der Waals surface area contributed by atoms with E-state index in [4.69, 9.17) is 28.4 Å². The van der Waals surface area contributed by atoms with E-state index in [1.54, 1.807) is 32.9 Å². The monoisotopic (exact) mass is 806 g/mol. The Labute approximate surface area is 339 Å². The van der Waals surface area contributed by atoms with Gasteiger partial charge in [-0.15, -0.1) is 0 Å². The van der Waals surface area contributed by atoms with Gasteiger partial charge in [0.2, 0.25) is 5.79 Å². The van der Waals surface area contributed by atoms with Gasteiger partial charge in [-0.05, 0) is 72.5 Å². The first-order valence-electron chi connectivity index (χ1n) is 20.2. The second-order valence-corrected chi connectivity index (χ2v) is 16.2. The Morgan fingerprint density at radius 1 is 0.912 bits per heavy atom. The molecular weight excluding hydrogens is 736 g/mol. The van der Waals surface area contributed by atoms with Crippen LogP contribution in [0, 0.1) is 11.8 Å². The van der Waals surface area contributed by atoms with Crippen molar-refractivity contribution >= 4 is 5.97 Å². The van der Waals surface area contributed by atoms with Crippen molar-refractivity contribution in [3.8, 4) is 0 Å². The van der Waals surface area contributed by atoms with Crippen molar-refractivity contribution in [1.29, 1.82) is 0 Å². The molecule has 6 N–H and O–H groups in total. The fourth-order valence-electron chi connectivity index (χ4n) is 7.70. The van der Waals surface area contributed by atoms with Crippen molar-refractivity contribution in [1.82, 2.24) is 0 Å². The smallest absolute Gasteiger partial charge is 0.334 e. The summed E-state index contributed by atoms with van der Waals surface area (Å²) >= 11 is 0. The van der Waals surface area contributed by atoms with E-state index in [2.05, 4.69) is 0 Å². The highest BCUT2D eigenvalue weighted by Gasteiger charge is 2.50. The van der Waals surface area contributed by atoms with E-state index in [0.29, 0.717) is 18.4 Å². The van der Waals surface area contributed by atoms with Crippen molar-refractivity contribution in [3.63, 3.8) is 0 Å². The number of carbonyl (C=O) groups excluding carboxylic acids is 1. The van der Waals surface area contributed by atoms with Gasteiger partial charge in [0.25, 0.3) is 0 Å². The zero-order chi connectivity index (χ0) is 42.8. The van der Waals surface area contributed by atoms with Crippen LogP contribution >= 0.6 is 0 Å². The van der Waals surface area contributed by atoms with Crippen LogP contribution in [0.15, 0.2) is 70.4 Å². The number of rotatable bonds is 9. The summed E-state index contributed by atoms with van der Waals surface area (Å²) in [6, 6.07) is 0. The molecule has 1 unspecified atom stereocenters. The average Bonchev–Trinajstić information content (AvgIpc) is 3.14. The third kappa shape index (κ3) is 13.2. The van der Waals surface area contributed by atoms with Crippen LogP contribution in [0.4, 0.5) is 0 Å². The van der Waals surface area contributed by atoms with Crippen LogP contribution in [0.1, 0.15) is 94.4 Å². The highest BCUT2D eigenvalue weighted by molar-refractivity contribution is 5.88. The molecule has 0 amide bonds. The quantitative estimate of drug-likeness (QED) is 0.141. The second-order valence-electron chi connectivity index (χ2n) is 16.2. The van der Waals surface area contributed by atoms with Gasteiger partial charge in [0.1, 0.15) is 30.5 Å². The Balaban J connectivity index is 2.00. The Morgan fingerprint density at radius 2 is 1.60 bits per heavy atom. The molecule has 3 aliphatic rings. The van der Waals surface area contributed by atoms with Gasteiger partial charge in [-0.1, -0.05) is 73.9 Å². The maximum Gasteiger partial charge on any atom is 0.334 e. The fourth-order valence-corrected chi connectivity index (χ4v) is 7.70. The van der Waals surface area contributed by atoms with Crippen molar-refractivity contribution < 1.29 is 63.9 Å². The first kappa shape index (κ1) is 48.8. The molecule has 0 aromatic rings. The van der Waals surface area contributed by atoms with Gasteiger partial charge in [0, 0.05) is 44.5 Å². The minimum Gasteiger partial charge on any atom is -0.456 e. The highest BCUT2D eigenvalue weighted by atomic mass is 16.7. The number of aliphatic hydroxyl groups excluding tert-OH is 5. The largest absolute Gasteiger partial charge is 0.456 e. The first-order valence-corrected chi connectivity index (χ1v) is 20.2. The molecule has 13 heteroatoms. The Morgan fingerprint density at radius 3 is 2.23 bits per heavy atom. The summed E-state index contributed by atoms with van der Waals surface area (Å²) in [4.78, 5) is 13.7. The number of allylic oxidation sites excluding steroid dienone is 7. The molecule has 57 heavy (non-hydrogen) atoms. The number of cyclic esters (lactones) is 1. The SMILES string of the molecule is CC[C@H](O)C[C@H]1O[C@@](O)([C@H](O)[C@@H]2C[C@H](OC)[C@@H](O)CC/C=C(C)/C=C/[C@@H](O[C@@H]3OC(C)[C@H](OC)[C@@H](O)[C@@H]3O)[C@H](C)/C=C(C)/C=C(C)/C=C(\C)C(=O)O2)C(C)=C[C@H]1C. The molecule has 0 spiro atoms. The number of methoxy groups -OCH3 is 2. The molecule has 0 aromatic carbocycles. The van der Waals surface area contributed by atoms with Gasteiger partial charge in [-0.2, -0.15) is 0 Å². The maximum absolute atomic E-state index is 13.7. The van der Waals surface area contributed by atoms with Crippen LogP contribution in [0.2, 0.25) is 0 Å². The van der Waals surface area contributed by atoms with Gasteiger partial charge < -0.3 is 59.1 Å². The predicted octanol–water partition coefficient (Wildman–Crippen LogP) is 4.49. The van der Waals surface area contributed by atoms with Crippen molar-refractivity contribution in [2.45, 2.75) is 174 Å². The molecule has 13 nitrogen and oxygen atoms in total. The van der Waals surface area contributed by atoms with Gasteiger partial charge in [0.15, 0.2) is 6.29 Å². The zero-order valence-electron chi connectivity index (χ0n) is 35.7. The summed E-state index contributed by atoms with van der Waals surface area (Å²) < 4.78 is 35.4. The zero-order valence-corrected chi connectivity index (χ0v) is 35.7. The highest BCUT2D eigenvalue weighted by Crippen LogP contribution is 2.38. The Hall–Kier alpha value is -2.53. The minimum atomic E-state index is -2.25. The van der Waals surface area contributed by atoms with E-state index < -0.39 is 85.2 Å².